The number of carbonyl (C=O) groups excluding carboxylic acids is 2. The number of benzene rings is 3. The lowest BCUT2D eigenvalue weighted by Gasteiger charge is -2.28. The second-order valence-electron chi connectivity index (χ2n) is 8.10. The van der Waals surface area contributed by atoms with Gasteiger partial charge in [0.25, 0.3) is 5.91 Å². The Morgan fingerprint density at radius 1 is 0.939 bits per heavy atom. The summed E-state index contributed by atoms with van der Waals surface area (Å²) in [6, 6.07) is 26.0. The fraction of sp³-hybridized carbons (Fsp3) is 0.231. The van der Waals surface area contributed by atoms with Crippen molar-refractivity contribution in [3.63, 3.8) is 0 Å². The number of nitrogens with one attached hydrogen (secondary N) is 1. The molecule has 0 saturated carbocycles. The van der Waals surface area contributed by atoms with E-state index in [1.54, 1.807) is 12.1 Å². The first-order valence-corrected chi connectivity index (χ1v) is 11.2. The minimum absolute atomic E-state index is 0.153. The molecule has 6 nitrogen and oxygen atoms in total. The summed E-state index contributed by atoms with van der Waals surface area (Å²) in [5.41, 5.74) is 0.590. The number of amides is 3. The molecule has 0 unspecified atom stereocenters. The molecule has 33 heavy (non-hydrogen) atoms. The van der Waals surface area contributed by atoms with Crippen LogP contribution in [0.5, 0.6) is 5.75 Å². The van der Waals surface area contributed by atoms with Crippen LogP contribution in [0.15, 0.2) is 84.9 Å². The number of likely N-dealkylation sites (N-methyl/N-ethyl adjacent to an activating group) is 1. The van der Waals surface area contributed by atoms with Crippen LogP contribution in [0.25, 0.3) is 0 Å². The van der Waals surface area contributed by atoms with Gasteiger partial charge in [-0.15, -0.1) is 0 Å². The highest BCUT2D eigenvalue weighted by atomic mass is 35.5. The number of rotatable bonds is 9. The standard InChI is InChI=1S/C26H26ClN3O3/c1-29(16-17-33-23-15-9-8-14-22(23)27)19-30-24(31)26(28-25(30)32,21-12-6-3-7-13-21)18-20-10-4-2-5-11-20/h2-15H,16-19H2,1H3,(H,28,32)/t26-/m1/s1. The first-order chi connectivity index (χ1) is 16.0. The molecule has 3 aromatic carbocycles. The SMILES string of the molecule is CN(CCOc1ccccc1Cl)CN1C(=O)N[C@](Cc2ccccc2)(c2ccccc2)C1=O. The lowest BCUT2D eigenvalue weighted by atomic mass is 9.83. The molecular weight excluding hydrogens is 438 g/mol. The third kappa shape index (κ3) is 5.02. The Morgan fingerprint density at radius 3 is 2.27 bits per heavy atom. The summed E-state index contributed by atoms with van der Waals surface area (Å²) >= 11 is 6.13. The van der Waals surface area contributed by atoms with Gasteiger partial charge in [-0.05, 0) is 30.3 Å². The zero-order valence-electron chi connectivity index (χ0n) is 18.4. The van der Waals surface area contributed by atoms with E-state index in [1.165, 1.54) is 4.90 Å². The zero-order chi connectivity index (χ0) is 23.3. The van der Waals surface area contributed by atoms with Crippen LogP contribution >= 0.6 is 11.6 Å². The Bertz CT molecular complexity index is 1110. The van der Waals surface area contributed by atoms with Gasteiger partial charge in [-0.25, -0.2) is 9.69 Å². The van der Waals surface area contributed by atoms with E-state index in [4.69, 9.17) is 16.3 Å². The number of nitrogens with zero attached hydrogens (tertiary/aromatic N) is 2. The van der Waals surface area contributed by atoms with E-state index in [0.29, 0.717) is 30.3 Å². The highest BCUT2D eigenvalue weighted by Crippen LogP contribution is 2.33. The van der Waals surface area contributed by atoms with Gasteiger partial charge in [0.15, 0.2) is 5.54 Å². The van der Waals surface area contributed by atoms with Crippen molar-refractivity contribution in [2.24, 2.45) is 0 Å². The van der Waals surface area contributed by atoms with E-state index in [9.17, 15) is 9.59 Å². The van der Waals surface area contributed by atoms with E-state index in [-0.39, 0.29) is 12.6 Å². The van der Waals surface area contributed by atoms with Gasteiger partial charge in [-0.2, -0.15) is 0 Å². The summed E-state index contributed by atoms with van der Waals surface area (Å²) in [5.74, 6) is 0.343. The van der Waals surface area contributed by atoms with Crippen molar-refractivity contribution in [2.45, 2.75) is 12.0 Å². The molecule has 0 aliphatic carbocycles. The maximum absolute atomic E-state index is 13.7. The highest BCUT2D eigenvalue weighted by molar-refractivity contribution is 6.32. The summed E-state index contributed by atoms with van der Waals surface area (Å²) in [7, 11) is 1.84. The number of imide groups is 1. The highest BCUT2D eigenvalue weighted by Gasteiger charge is 2.52. The molecule has 1 saturated heterocycles. The topological polar surface area (TPSA) is 61.9 Å². The van der Waals surface area contributed by atoms with Gasteiger partial charge in [-0.3, -0.25) is 9.69 Å². The van der Waals surface area contributed by atoms with Crippen molar-refractivity contribution < 1.29 is 14.3 Å². The van der Waals surface area contributed by atoms with Crippen molar-refractivity contribution in [2.75, 3.05) is 26.9 Å². The fourth-order valence-corrected chi connectivity index (χ4v) is 4.17. The van der Waals surface area contributed by atoms with Crippen LogP contribution in [-0.4, -0.2) is 48.6 Å². The molecule has 3 aromatic rings. The van der Waals surface area contributed by atoms with Gasteiger partial charge in [-0.1, -0.05) is 84.4 Å². The number of carbonyl (C=O) groups is 2. The Kier molecular flexibility index (Phi) is 6.96. The Labute approximate surface area is 198 Å². The predicted octanol–water partition coefficient (Wildman–Crippen LogP) is 4.30. The minimum atomic E-state index is -1.14. The number of hydrogen-bond donors (Lipinski definition) is 1. The average Bonchev–Trinajstić information content (AvgIpc) is 3.06. The summed E-state index contributed by atoms with van der Waals surface area (Å²) in [5, 5.41) is 3.53. The van der Waals surface area contributed by atoms with Gasteiger partial charge in [0.05, 0.1) is 11.7 Å². The molecule has 1 N–H and O–H groups in total. The monoisotopic (exact) mass is 463 g/mol. The van der Waals surface area contributed by atoms with Crippen molar-refractivity contribution >= 4 is 23.5 Å². The van der Waals surface area contributed by atoms with E-state index in [2.05, 4.69) is 5.32 Å². The van der Waals surface area contributed by atoms with Crippen molar-refractivity contribution in [1.29, 1.82) is 0 Å². The van der Waals surface area contributed by atoms with Gasteiger partial charge in [0.1, 0.15) is 12.4 Å². The predicted molar refractivity (Wildman–Crippen MR) is 128 cm³/mol. The third-order valence-electron chi connectivity index (χ3n) is 5.70. The van der Waals surface area contributed by atoms with Crippen LogP contribution in [0.3, 0.4) is 0 Å². The average molecular weight is 464 g/mol. The molecule has 7 heteroatoms. The third-order valence-corrected chi connectivity index (χ3v) is 6.02. The summed E-state index contributed by atoms with van der Waals surface area (Å²) in [4.78, 5) is 29.8. The lowest BCUT2D eigenvalue weighted by molar-refractivity contribution is -0.133. The van der Waals surface area contributed by atoms with E-state index in [0.717, 1.165) is 11.1 Å². The van der Waals surface area contributed by atoms with E-state index >= 15 is 0 Å². The molecule has 0 bridgehead atoms. The molecule has 170 valence electrons. The second kappa shape index (κ2) is 10.1. The normalized spacial score (nSPS) is 18.0. The van der Waals surface area contributed by atoms with Crippen molar-refractivity contribution in [1.82, 2.24) is 15.1 Å². The van der Waals surface area contributed by atoms with Gasteiger partial charge in [0.2, 0.25) is 0 Å². The molecule has 1 atom stereocenters. The first kappa shape index (κ1) is 22.8. The van der Waals surface area contributed by atoms with E-state index < -0.39 is 11.6 Å². The van der Waals surface area contributed by atoms with Crippen molar-refractivity contribution in [3.8, 4) is 5.75 Å². The molecule has 0 aromatic heterocycles. The molecule has 1 aliphatic heterocycles. The lowest BCUT2D eigenvalue weighted by Crippen LogP contribution is -2.47. The van der Waals surface area contributed by atoms with Crippen LogP contribution in [-0.2, 0) is 16.8 Å². The molecule has 4 rings (SSSR count). The maximum atomic E-state index is 13.7. The summed E-state index contributed by atoms with van der Waals surface area (Å²) in [6.07, 6.45) is 0.373. The molecular formula is C26H26ClN3O3. The van der Waals surface area contributed by atoms with Crippen LogP contribution in [0, 0.1) is 0 Å². The maximum Gasteiger partial charge on any atom is 0.326 e. The molecule has 3 amide bonds. The number of para-hydroxylation sites is 1. The quantitative estimate of drug-likeness (QED) is 0.481. The molecule has 0 spiro atoms. The summed E-state index contributed by atoms with van der Waals surface area (Å²) in [6.45, 7) is 1.04. The number of urea groups is 1. The minimum Gasteiger partial charge on any atom is -0.491 e. The molecule has 1 heterocycles. The molecule has 1 aliphatic rings. The first-order valence-electron chi connectivity index (χ1n) is 10.8. The second-order valence-corrected chi connectivity index (χ2v) is 8.50. The van der Waals surface area contributed by atoms with Crippen LogP contribution in [0.2, 0.25) is 5.02 Å². The van der Waals surface area contributed by atoms with Gasteiger partial charge < -0.3 is 10.1 Å². The number of ether oxygens (including phenoxy) is 1. The zero-order valence-corrected chi connectivity index (χ0v) is 19.2. The fourth-order valence-electron chi connectivity index (χ4n) is 3.98. The van der Waals surface area contributed by atoms with Crippen LogP contribution < -0.4 is 10.1 Å². The van der Waals surface area contributed by atoms with Crippen LogP contribution in [0.1, 0.15) is 11.1 Å². The van der Waals surface area contributed by atoms with Crippen molar-refractivity contribution in [3.05, 3.63) is 101 Å². The smallest absolute Gasteiger partial charge is 0.326 e. The molecule has 0 radical (unpaired) electrons. The van der Waals surface area contributed by atoms with E-state index in [1.807, 2.05) is 84.7 Å². The Balaban J connectivity index is 1.47. The Hall–Kier alpha value is -3.35. The van der Waals surface area contributed by atoms with Crippen LogP contribution in [0.4, 0.5) is 4.79 Å². The number of halogens is 1. The summed E-state index contributed by atoms with van der Waals surface area (Å²) < 4.78 is 5.74. The Morgan fingerprint density at radius 2 is 1.58 bits per heavy atom. The number of hydrogen-bond acceptors (Lipinski definition) is 4. The van der Waals surface area contributed by atoms with Gasteiger partial charge >= 0.3 is 6.03 Å². The van der Waals surface area contributed by atoms with Gasteiger partial charge in [0, 0.05) is 13.0 Å². The largest absolute Gasteiger partial charge is 0.491 e. The molecule has 1 fully saturated rings.